The lowest BCUT2D eigenvalue weighted by molar-refractivity contribution is 0.164. The first-order chi connectivity index (χ1) is 7.40. The van der Waals surface area contributed by atoms with Gasteiger partial charge in [0.2, 0.25) is 0 Å². The Morgan fingerprint density at radius 2 is 1.93 bits per heavy atom. The predicted octanol–water partition coefficient (Wildman–Crippen LogP) is 1.66. The second-order valence-electron chi connectivity index (χ2n) is 4.17. The van der Waals surface area contributed by atoms with E-state index in [-0.39, 0.29) is 6.61 Å². The Balaban J connectivity index is 1.88. The first kappa shape index (κ1) is 10.7. The fourth-order valence-corrected chi connectivity index (χ4v) is 2.30. The zero-order valence-corrected chi connectivity index (χ0v) is 9.02. The van der Waals surface area contributed by atoms with Gasteiger partial charge in [-0.25, -0.2) is 0 Å². The molecule has 2 heteroatoms. The van der Waals surface area contributed by atoms with Crippen molar-refractivity contribution in [3.63, 3.8) is 0 Å². The standard InChI is InChI=1S/C13H18NO/c15-11-10-14-8-6-13(7-9-14)12-4-2-1-3-5-12/h2-5,13,15H,6-11H2. The highest BCUT2D eigenvalue weighted by Crippen LogP contribution is 2.27. The van der Waals surface area contributed by atoms with Gasteiger partial charge in [-0.3, -0.25) is 0 Å². The molecular weight excluding hydrogens is 186 g/mol. The third kappa shape index (κ3) is 2.80. The molecule has 2 nitrogen and oxygen atoms in total. The van der Waals surface area contributed by atoms with Gasteiger partial charge in [0.15, 0.2) is 0 Å². The van der Waals surface area contributed by atoms with Crippen LogP contribution in [-0.4, -0.2) is 36.2 Å². The number of aliphatic hydroxyl groups is 1. The lowest BCUT2D eigenvalue weighted by Crippen LogP contribution is -2.34. The topological polar surface area (TPSA) is 23.5 Å². The van der Waals surface area contributed by atoms with Gasteiger partial charge < -0.3 is 10.0 Å². The molecule has 0 amide bonds. The minimum Gasteiger partial charge on any atom is -0.395 e. The van der Waals surface area contributed by atoms with Crippen molar-refractivity contribution < 1.29 is 5.11 Å². The highest BCUT2D eigenvalue weighted by molar-refractivity contribution is 5.19. The van der Waals surface area contributed by atoms with Crippen LogP contribution in [0.15, 0.2) is 24.3 Å². The summed E-state index contributed by atoms with van der Waals surface area (Å²) in [6, 6.07) is 11.4. The molecule has 0 aromatic heterocycles. The van der Waals surface area contributed by atoms with Crippen molar-refractivity contribution in [1.82, 2.24) is 4.90 Å². The van der Waals surface area contributed by atoms with E-state index in [1.807, 2.05) is 12.1 Å². The SMILES string of the molecule is OCCN1CCC(c2cc[c]cc2)CC1. The number of hydrogen-bond donors (Lipinski definition) is 1. The third-order valence-corrected chi connectivity index (χ3v) is 3.22. The van der Waals surface area contributed by atoms with Crippen LogP contribution in [0.25, 0.3) is 0 Å². The van der Waals surface area contributed by atoms with E-state index in [4.69, 9.17) is 5.11 Å². The molecule has 0 unspecified atom stereocenters. The number of rotatable bonds is 3. The largest absolute Gasteiger partial charge is 0.395 e. The van der Waals surface area contributed by atoms with Gasteiger partial charge in [0.25, 0.3) is 0 Å². The van der Waals surface area contributed by atoms with Gasteiger partial charge in [-0.1, -0.05) is 24.3 Å². The predicted molar refractivity (Wildman–Crippen MR) is 60.8 cm³/mol. The Labute approximate surface area is 91.5 Å². The lowest BCUT2D eigenvalue weighted by atomic mass is 9.89. The number of aliphatic hydroxyl groups excluding tert-OH is 1. The minimum atomic E-state index is 0.283. The van der Waals surface area contributed by atoms with E-state index >= 15 is 0 Å². The summed E-state index contributed by atoms with van der Waals surface area (Å²) in [5.74, 6) is 0.703. The normalized spacial score (nSPS) is 19.3. The van der Waals surface area contributed by atoms with Crippen LogP contribution in [-0.2, 0) is 0 Å². The summed E-state index contributed by atoms with van der Waals surface area (Å²) in [5.41, 5.74) is 1.44. The molecule has 1 aliphatic heterocycles. The summed E-state index contributed by atoms with van der Waals surface area (Å²) in [6.07, 6.45) is 2.42. The van der Waals surface area contributed by atoms with Crippen molar-refractivity contribution in [1.29, 1.82) is 0 Å². The Morgan fingerprint density at radius 1 is 1.27 bits per heavy atom. The van der Waals surface area contributed by atoms with Gasteiger partial charge in [-0.05, 0) is 43.5 Å². The van der Waals surface area contributed by atoms with Gasteiger partial charge in [-0.2, -0.15) is 0 Å². The summed E-state index contributed by atoms with van der Waals surface area (Å²) in [4.78, 5) is 2.34. The molecule has 0 saturated carbocycles. The van der Waals surface area contributed by atoms with Gasteiger partial charge in [-0.15, -0.1) is 0 Å². The maximum atomic E-state index is 8.86. The Bertz CT molecular complexity index is 278. The maximum Gasteiger partial charge on any atom is 0.0558 e. The number of hydrogen-bond acceptors (Lipinski definition) is 2. The summed E-state index contributed by atoms with van der Waals surface area (Å²) in [5, 5.41) is 8.86. The van der Waals surface area contributed by atoms with Crippen LogP contribution in [0.5, 0.6) is 0 Å². The number of piperidine rings is 1. The summed E-state index contributed by atoms with van der Waals surface area (Å²) in [7, 11) is 0. The van der Waals surface area contributed by atoms with E-state index in [0.717, 1.165) is 19.6 Å². The zero-order chi connectivity index (χ0) is 10.5. The second-order valence-corrected chi connectivity index (χ2v) is 4.17. The molecule has 1 aliphatic rings. The molecule has 15 heavy (non-hydrogen) atoms. The van der Waals surface area contributed by atoms with E-state index in [0.29, 0.717) is 5.92 Å². The molecule has 81 valence electrons. The van der Waals surface area contributed by atoms with Crippen molar-refractivity contribution in [2.75, 3.05) is 26.2 Å². The maximum absolute atomic E-state index is 8.86. The average Bonchev–Trinajstić information content (AvgIpc) is 2.32. The van der Waals surface area contributed by atoms with Crippen LogP contribution < -0.4 is 0 Å². The lowest BCUT2D eigenvalue weighted by Gasteiger charge is -2.31. The van der Waals surface area contributed by atoms with E-state index in [1.54, 1.807) is 0 Å². The molecule has 1 saturated heterocycles. The molecular formula is C13H18NO. The number of β-amino-alcohol motifs (C(OH)–C–C–N with tert-alkyl or cyclic N) is 1. The molecule has 0 bridgehead atoms. The van der Waals surface area contributed by atoms with E-state index in [1.165, 1.54) is 18.4 Å². The Morgan fingerprint density at radius 3 is 2.53 bits per heavy atom. The zero-order valence-electron chi connectivity index (χ0n) is 9.02. The van der Waals surface area contributed by atoms with Crippen LogP contribution in [0.3, 0.4) is 0 Å². The molecule has 1 aromatic carbocycles. The third-order valence-electron chi connectivity index (χ3n) is 3.22. The monoisotopic (exact) mass is 204 g/mol. The van der Waals surface area contributed by atoms with Crippen LogP contribution in [0.2, 0.25) is 0 Å². The Kier molecular flexibility index (Phi) is 3.75. The smallest absolute Gasteiger partial charge is 0.0558 e. The molecule has 1 fully saturated rings. The summed E-state index contributed by atoms with van der Waals surface area (Å²) >= 11 is 0. The molecule has 1 aromatic rings. The van der Waals surface area contributed by atoms with Crippen molar-refractivity contribution in [3.8, 4) is 0 Å². The molecule has 0 aliphatic carbocycles. The van der Waals surface area contributed by atoms with Crippen LogP contribution >= 0.6 is 0 Å². The summed E-state index contributed by atoms with van der Waals surface area (Å²) < 4.78 is 0. The molecule has 1 heterocycles. The van der Waals surface area contributed by atoms with Crippen molar-refractivity contribution in [3.05, 3.63) is 35.9 Å². The van der Waals surface area contributed by atoms with Gasteiger partial charge in [0.1, 0.15) is 0 Å². The molecule has 1 N–H and O–H groups in total. The van der Waals surface area contributed by atoms with E-state index < -0.39 is 0 Å². The molecule has 1 radical (unpaired) electrons. The van der Waals surface area contributed by atoms with E-state index in [9.17, 15) is 0 Å². The Hall–Kier alpha value is -0.860. The van der Waals surface area contributed by atoms with Crippen LogP contribution in [0.4, 0.5) is 0 Å². The average molecular weight is 204 g/mol. The number of benzene rings is 1. The fourth-order valence-electron chi connectivity index (χ4n) is 2.30. The number of nitrogens with zero attached hydrogens (tertiary/aromatic N) is 1. The highest BCUT2D eigenvalue weighted by atomic mass is 16.3. The van der Waals surface area contributed by atoms with Gasteiger partial charge >= 0.3 is 0 Å². The fraction of sp³-hybridized carbons (Fsp3) is 0.538. The molecule has 2 rings (SSSR count). The molecule has 0 spiro atoms. The van der Waals surface area contributed by atoms with Crippen LogP contribution in [0.1, 0.15) is 24.3 Å². The first-order valence-corrected chi connectivity index (χ1v) is 5.69. The first-order valence-electron chi connectivity index (χ1n) is 5.69. The van der Waals surface area contributed by atoms with Crippen molar-refractivity contribution in [2.45, 2.75) is 18.8 Å². The van der Waals surface area contributed by atoms with E-state index in [2.05, 4.69) is 23.1 Å². The van der Waals surface area contributed by atoms with Crippen LogP contribution in [0, 0.1) is 6.07 Å². The van der Waals surface area contributed by atoms with Crippen molar-refractivity contribution >= 4 is 0 Å². The minimum absolute atomic E-state index is 0.283. The number of likely N-dealkylation sites (tertiary alicyclic amines) is 1. The van der Waals surface area contributed by atoms with Crippen molar-refractivity contribution in [2.24, 2.45) is 0 Å². The highest BCUT2D eigenvalue weighted by Gasteiger charge is 2.19. The summed E-state index contributed by atoms with van der Waals surface area (Å²) in [6.45, 7) is 3.34. The second kappa shape index (κ2) is 5.29. The van der Waals surface area contributed by atoms with Gasteiger partial charge in [0.05, 0.1) is 6.61 Å². The van der Waals surface area contributed by atoms with Gasteiger partial charge in [0, 0.05) is 6.54 Å². The molecule has 0 atom stereocenters. The quantitative estimate of drug-likeness (QED) is 0.809.